The second kappa shape index (κ2) is 14.7. The van der Waals surface area contributed by atoms with E-state index in [1.165, 1.54) is 11.1 Å². The van der Waals surface area contributed by atoms with Gasteiger partial charge in [-0.15, -0.1) is 0 Å². The van der Waals surface area contributed by atoms with Crippen molar-refractivity contribution in [1.29, 1.82) is 0 Å². The lowest BCUT2D eigenvalue weighted by molar-refractivity contribution is -0.118. The molecular formula is C32H30Br2N2O5. The third-order valence-corrected chi connectivity index (χ3v) is 7.28. The molecule has 4 aromatic rings. The molecule has 0 unspecified atom stereocenters. The highest BCUT2D eigenvalue weighted by atomic mass is 79.9. The fourth-order valence-corrected chi connectivity index (χ4v) is 4.87. The summed E-state index contributed by atoms with van der Waals surface area (Å²) in [7, 11) is 0. The molecule has 2 N–H and O–H groups in total. The number of carbonyl (C=O) groups is 2. The molecule has 41 heavy (non-hydrogen) atoms. The Morgan fingerprint density at radius 3 is 1.34 bits per heavy atom. The summed E-state index contributed by atoms with van der Waals surface area (Å²) in [5.41, 5.74) is 3.62. The molecule has 0 bridgehead atoms. The lowest BCUT2D eigenvalue weighted by atomic mass is 10.2. The van der Waals surface area contributed by atoms with Crippen LogP contribution in [-0.2, 0) is 22.4 Å². The SMILES string of the molecule is CCc1ccc(OCC(=O)Nc2ccc(Oc3ccc(NC(=O)COc4ccc(CC)cc4Br)cc3)cc2)c(Br)c1. The van der Waals surface area contributed by atoms with Crippen LogP contribution < -0.4 is 24.8 Å². The second-order valence-corrected chi connectivity index (χ2v) is 10.8. The van der Waals surface area contributed by atoms with Gasteiger partial charge in [0.1, 0.15) is 23.0 Å². The molecule has 7 nitrogen and oxygen atoms in total. The Hall–Kier alpha value is -3.82. The van der Waals surface area contributed by atoms with Gasteiger partial charge in [-0.3, -0.25) is 9.59 Å². The van der Waals surface area contributed by atoms with Gasteiger partial charge < -0.3 is 24.8 Å². The molecule has 0 fully saturated rings. The lowest BCUT2D eigenvalue weighted by Crippen LogP contribution is -2.20. The summed E-state index contributed by atoms with van der Waals surface area (Å²) in [6.45, 7) is 3.94. The molecular weight excluding hydrogens is 652 g/mol. The highest BCUT2D eigenvalue weighted by molar-refractivity contribution is 9.10. The number of halogens is 2. The van der Waals surface area contributed by atoms with Crippen LogP contribution in [-0.4, -0.2) is 25.0 Å². The fraction of sp³-hybridized carbons (Fsp3) is 0.188. The predicted octanol–water partition coefficient (Wildman–Crippen LogP) is 8.16. The van der Waals surface area contributed by atoms with E-state index < -0.39 is 0 Å². The largest absolute Gasteiger partial charge is 0.483 e. The van der Waals surface area contributed by atoms with Crippen molar-refractivity contribution in [3.05, 3.63) is 105 Å². The maximum Gasteiger partial charge on any atom is 0.262 e. The fourth-order valence-electron chi connectivity index (χ4n) is 3.79. The Morgan fingerprint density at radius 1 is 0.610 bits per heavy atom. The van der Waals surface area contributed by atoms with Crippen LogP contribution in [0.15, 0.2) is 93.9 Å². The topological polar surface area (TPSA) is 85.9 Å². The number of hydrogen-bond acceptors (Lipinski definition) is 5. The van der Waals surface area contributed by atoms with E-state index >= 15 is 0 Å². The molecule has 9 heteroatoms. The number of nitrogens with one attached hydrogen (secondary N) is 2. The molecule has 4 aromatic carbocycles. The van der Waals surface area contributed by atoms with Crippen molar-refractivity contribution >= 4 is 55.0 Å². The van der Waals surface area contributed by atoms with Crippen molar-refractivity contribution in [3.8, 4) is 23.0 Å². The Labute approximate surface area is 256 Å². The van der Waals surface area contributed by atoms with Gasteiger partial charge in [0.05, 0.1) is 8.95 Å². The van der Waals surface area contributed by atoms with Gasteiger partial charge in [0.25, 0.3) is 11.8 Å². The molecule has 0 aliphatic carbocycles. The third kappa shape index (κ3) is 9.09. The van der Waals surface area contributed by atoms with Gasteiger partial charge in [-0.25, -0.2) is 0 Å². The van der Waals surface area contributed by atoms with Crippen LogP contribution in [0.25, 0.3) is 0 Å². The van der Waals surface area contributed by atoms with E-state index in [1.54, 1.807) is 48.5 Å². The average molecular weight is 682 g/mol. The number of benzene rings is 4. The van der Waals surface area contributed by atoms with E-state index in [0.717, 1.165) is 21.8 Å². The molecule has 0 aliphatic rings. The zero-order chi connectivity index (χ0) is 29.2. The molecule has 0 saturated heterocycles. The van der Waals surface area contributed by atoms with E-state index in [-0.39, 0.29) is 25.0 Å². The van der Waals surface area contributed by atoms with Gasteiger partial charge in [0.2, 0.25) is 0 Å². The standard InChI is InChI=1S/C32H30Br2N2O5/c1-3-21-5-15-29(27(33)17-21)39-19-31(37)35-23-7-11-25(12-8-23)41-26-13-9-24(10-14-26)36-32(38)20-40-30-16-6-22(4-2)18-28(30)34/h5-18H,3-4,19-20H2,1-2H3,(H,35,37)(H,36,38). The molecule has 212 valence electrons. The normalized spacial score (nSPS) is 10.5. The van der Waals surface area contributed by atoms with Crippen molar-refractivity contribution in [1.82, 2.24) is 0 Å². The van der Waals surface area contributed by atoms with Gasteiger partial charge in [0.15, 0.2) is 13.2 Å². The van der Waals surface area contributed by atoms with E-state index in [4.69, 9.17) is 14.2 Å². The first-order chi connectivity index (χ1) is 19.8. The predicted molar refractivity (Wildman–Crippen MR) is 168 cm³/mol. The smallest absolute Gasteiger partial charge is 0.262 e. The number of rotatable bonds is 12. The van der Waals surface area contributed by atoms with Gasteiger partial charge in [0, 0.05) is 11.4 Å². The molecule has 2 amide bonds. The number of aryl methyl sites for hydroxylation is 2. The molecule has 0 spiro atoms. The first kappa shape index (κ1) is 30.1. The van der Waals surface area contributed by atoms with Gasteiger partial charge >= 0.3 is 0 Å². The van der Waals surface area contributed by atoms with Crippen LogP contribution in [0.1, 0.15) is 25.0 Å². The minimum atomic E-state index is -0.268. The zero-order valence-electron chi connectivity index (χ0n) is 22.7. The van der Waals surface area contributed by atoms with E-state index in [9.17, 15) is 9.59 Å². The van der Waals surface area contributed by atoms with Crippen molar-refractivity contribution < 1.29 is 23.8 Å². The van der Waals surface area contributed by atoms with Gasteiger partial charge in [-0.05, 0) is 129 Å². The molecule has 0 aromatic heterocycles. The van der Waals surface area contributed by atoms with Crippen molar-refractivity contribution in [2.24, 2.45) is 0 Å². The molecule has 4 rings (SSSR count). The first-order valence-electron chi connectivity index (χ1n) is 13.1. The van der Waals surface area contributed by atoms with Crippen LogP contribution in [0.4, 0.5) is 11.4 Å². The summed E-state index contributed by atoms with van der Waals surface area (Å²) in [6.07, 6.45) is 1.85. The maximum atomic E-state index is 12.3. The summed E-state index contributed by atoms with van der Waals surface area (Å²) >= 11 is 6.96. The second-order valence-electron chi connectivity index (χ2n) is 9.06. The average Bonchev–Trinajstić information content (AvgIpc) is 2.97. The van der Waals surface area contributed by atoms with E-state index in [2.05, 4.69) is 56.3 Å². The minimum Gasteiger partial charge on any atom is -0.483 e. The summed E-state index contributed by atoms with van der Waals surface area (Å²) < 4.78 is 18.8. The molecule has 0 aliphatic heterocycles. The monoisotopic (exact) mass is 680 g/mol. The Morgan fingerprint density at radius 2 is 1.00 bits per heavy atom. The van der Waals surface area contributed by atoms with E-state index in [0.29, 0.717) is 34.4 Å². The number of carbonyl (C=O) groups excluding carboxylic acids is 2. The van der Waals surface area contributed by atoms with Crippen LogP contribution in [0.5, 0.6) is 23.0 Å². The summed E-state index contributed by atoms with van der Waals surface area (Å²) in [5, 5.41) is 5.62. The van der Waals surface area contributed by atoms with Crippen molar-refractivity contribution in [2.45, 2.75) is 26.7 Å². The number of amides is 2. The highest BCUT2D eigenvalue weighted by Crippen LogP contribution is 2.28. The first-order valence-corrected chi connectivity index (χ1v) is 14.7. The van der Waals surface area contributed by atoms with Crippen LogP contribution in [0, 0.1) is 0 Å². The van der Waals surface area contributed by atoms with Gasteiger partial charge in [-0.1, -0.05) is 26.0 Å². The highest BCUT2D eigenvalue weighted by Gasteiger charge is 2.09. The van der Waals surface area contributed by atoms with Crippen molar-refractivity contribution in [2.75, 3.05) is 23.8 Å². The number of hydrogen-bond donors (Lipinski definition) is 2. The van der Waals surface area contributed by atoms with Crippen molar-refractivity contribution in [3.63, 3.8) is 0 Å². The number of ether oxygens (including phenoxy) is 3. The third-order valence-electron chi connectivity index (χ3n) is 6.04. The Bertz CT molecular complexity index is 1380. The molecule has 0 saturated carbocycles. The summed E-state index contributed by atoms with van der Waals surface area (Å²) in [6, 6.07) is 25.7. The molecule has 0 radical (unpaired) electrons. The number of anilines is 2. The lowest BCUT2D eigenvalue weighted by Gasteiger charge is -2.11. The quantitative estimate of drug-likeness (QED) is 0.158. The summed E-state index contributed by atoms with van der Waals surface area (Å²) in [4.78, 5) is 24.7. The van der Waals surface area contributed by atoms with Crippen LogP contribution >= 0.6 is 31.9 Å². The Balaban J connectivity index is 1.22. The molecule has 0 atom stereocenters. The molecule has 0 heterocycles. The Kier molecular flexibility index (Phi) is 10.8. The minimum absolute atomic E-state index is 0.110. The van der Waals surface area contributed by atoms with E-state index in [1.807, 2.05) is 36.4 Å². The zero-order valence-corrected chi connectivity index (χ0v) is 25.9. The van der Waals surface area contributed by atoms with Crippen LogP contribution in [0.2, 0.25) is 0 Å². The summed E-state index contributed by atoms with van der Waals surface area (Å²) in [5.74, 6) is 1.90. The van der Waals surface area contributed by atoms with Crippen LogP contribution in [0.3, 0.4) is 0 Å². The van der Waals surface area contributed by atoms with Gasteiger partial charge in [-0.2, -0.15) is 0 Å². The maximum absolute atomic E-state index is 12.3.